The van der Waals surface area contributed by atoms with Crippen molar-refractivity contribution < 1.29 is 12.8 Å². The van der Waals surface area contributed by atoms with Crippen molar-refractivity contribution in [3.63, 3.8) is 0 Å². The number of nitriles is 1. The number of nitrogens with one attached hydrogen (secondary N) is 1. The smallest absolute Gasteiger partial charge is 0.211 e. The summed E-state index contributed by atoms with van der Waals surface area (Å²) in [6.07, 6.45) is 3.54. The Morgan fingerprint density at radius 2 is 2.12 bits per heavy atom. The summed E-state index contributed by atoms with van der Waals surface area (Å²) >= 11 is 0. The number of pyridine rings is 1. The van der Waals surface area contributed by atoms with Gasteiger partial charge in [0.05, 0.1) is 29.1 Å². The average Bonchev–Trinajstić information content (AvgIpc) is 3.45. The molecule has 5 nitrogen and oxygen atoms in total. The summed E-state index contributed by atoms with van der Waals surface area (Å²) in [4.78, 5) is 4.29. The van der Waals surface area contributed by atoms with Crippen LogP contribution in [0.3, 0.4) is 0 Å². The van der Waals surface area contributed by atoms with Crippen LogP contribution < -0.4 is 4.72 Å². The molecular weight excluding hydrogens is 341 g/mol. The number of halogens is 1. The van der Waals surface area contributed by atoms with E-state index in [0.717, 1.165) is 18.4 Å². The zero-order valence-electron chi connectivity index (χ0n) is 13.7. The summed E-state index contributed by atoms with van der Waals surface area (Å²) in [5.41, 5.74) is 1.78. The van der Waals surface area contributed by atoms with Crippen molar-refractivity contribution in [3.05, 3.63) is 53.5 Å². The van der Waals surface area contributed by atoms with Gasteiger partial charge in [-0.2, -0.15) is 5.26 Å². The molecule has 0 bridgehead atoms. The molecule has 0 amide bonds. The van der Waals surface area contributed by atoms with Crippen LogP contribution in [0.5, 0.6) is 0 Å². The maximum absolute atomic E-state index is 14.1. The Labute approximate surface area is 146 Å². The Morgan fingerprint density at radius 1 is 1.36 bits per heavy atom. The van der Waals surface area contributed by atoms with Crippen molar-refractivity contribution in [3.8, 4) is 17.3 Å². The molecule has 1 atom stereocenters. The molecule has 2 aromatic rings. The predicted octanol–water partition coefficient (Wildman–Crippen LogP) is 3.15. The van der Waals surface area contributed by atoms with Gasteiger partial charge >= 0.3 is 0 Å². The minimum atomic E-state index is -3.32. The lowest BCUT2D eigenvalue weighted by molar-refractivity contribution is 0.529. The fraction of sp³-hybridized carbons (Fsp3) is 0.333. The van der Waals surface area contributed by atoms with Crippen LogP contribution in [0, 0.1) is 23.1 Å². The predicted molar refractivity (Wildman–Crippen MR) is 92.4 cm³/mol. The van der Waals surface area contributed by atoms with Crippen molar-refractivity contribution in [1.82, 2.24) is 9.71 Å². The van der Waals surface area contributed by atoms with Gasteiger partial charge in [-0.05, 0) is 55.5 Å². The molecule has 7 heteroatoms. The van der Waals surface area contributed by atoms with E-state index in [-0.39, 0.29) is 23.3 Å². The van der Waals surface area contributed by atoms with Crippen molar-refractivity contribution in [1.29, 1.82) is 5.26 Å². The van der Waals surface area contributed by atoms with E-state index in [4.69, 9.17) is 5.26 Å². The van der Waals surface area contributed by atoms with Gasteiger partial charge in [-0.25, -0.2) is 17.5 Å². The van der Waals surface area contributed by atoms with E-state index in [2.05, 4.69) is 9.71 Å². The summed E-state index contributed by atoms with van der Waals surface area (Å²) < 4.78 is 40.6. The quantitative estimate of drug-likeness (QED) is 0.859. The second-order valence-electron chi connectivity index (χ2n) is 6.12. The SMILES string of the molecule is CCS(=O)(=O)NC(c1ccc(-c2ccc(C#N)cc2F)nc1)C1CC1. The van der Waals surface area contributed by atoms with Gasteiger partial charge in [0.1, 0.15) is 5.82 Å². The molecule has 1 saturated carbocycles. The van der Waals surface area contributed by atoms with Crippen LogP contribution >= 0.6 is 0 Å². The third-order valence-corrected chi connectivity index (χ3v) is 5.67. The molecule has 1 aliphatic carbocycles. The first-order valence-electron chi connectivity index (χ1n) is 8.09. The molecule has 1 aliphatic rings. The van der Waals surface area contributed by atoms with Gasteiger partial charge in [0.15, 0.2) is 0 Å². The van der Waals surface area contributed by atoms with E-state index in [1.165, 1.54) is 18.2 Å². The van der Waals surface area contributed by atoms with E-state index in [9.17, 15) is 12.8 Å². The van der Waals surface area contributed by atoms with E-state index >= 15 is 0 Å². The molecule has 130 valence electrons. The van der Waals surface area contributed by atoms with Crippen LogP contribution in [-0.4, -0.2) is 19.2 Å². The monoisotopic (exact) mass is 359 g/mol. The normalized spacial score (nSPS) is 15.6. The number of hydrogen-bond acceptors (Lipinski definition) is 4. The van der Waals surface area contributed by atoms with Crippen LogP contribution in [0.1, 0.15) is 36.9 Å². The minimum Gasteiger partial charge on any atom is -0.256 e. The first-order chi connectivity index (χ1) is 11.9. The lowest BCUT2D eigenvalue weighted by Gasteiger charge is -2.18. The average molecular weight is 359 g/mol. The van der Waals surface area contributed by atoms with E-state index in [1.807, 2.05) is 6.07 Å². The first kappa shape index (κ1) is 17.5. The van der Waals surface area contributed by atoms with Crippen LogP contribution in [0.4, 0.5) is 4.39 Å². The molecule has 25 heavy (non-hydrogen) atoms. The molecule has 1 heterocycles. The lowest BCUT2D eigenvalue weighted by Crippen LogP contribution is -2.31. The van der Waals surface area contributed by atoms with Gasteiger partial charge in [-0.3, -0.25) is 4.98 Å². The molecule has 3 rings (SSSR count). The van der Waals surface area contributed by atoms with Crippen molar-refractivity contribution >= 4 is 10.0 Å². The fourth-order valence-electron chi connectivity index (χ4n) is 2.68. The topological polar surface area (TPSA) is 82.9 Å². The highest BCUT2D eigenvalue weighted by atomic mass is 32.2. The maximum Gasteiger partial charge on any atom is 0.211 e. The number of sulfonamides is 1. The second-order valence-corrected chi connectivity index (χ2v) is 8.16. The second kappa shape index (κ2) is 6.90. The molecule has 1 aromatic heterocycles. The molecule has 0 spiro atoms. The first-order valence-corrected chi connectivity index (χ1v) is 9.74. The molecule has 0 aliphatic heterocycles. The third kappa shape index (κ3) is 4.03. The largest absolute Gasteiger partial charge is 0.256 e. The Morgan fingerprint density at radius 3 is 2.64 bits per heavy atom. The van der Waals surface area contributed by atoms with E-state index in [0.29, 0.717) is 11.3 Å². The van der Waals surface area contributed by atoms with Crippen LogP contribution in [0.2, 0.25) is 0 Å². The summed E-state index contributed by atoms with van der Waals surface area (Å²) in [5.74, 6) is -0.205. The van der Waals surface area contributed by atoms with Crippen LogP contribution in [0.15, 0.2) is 36.5 Å². The maximum atomic E-state index is 14.1. The Hall–Kier alpha value is -2.30. The minimum absolute atomic E-state index is 0.0260. The highest BCUT2D eigenvalue weighted by Gasteiger charge is 2.34. The van der Waals surface area contributed by atoms with E-state index in [1.54, 1.807) is 25.3 Å². The Bertz CT molecular complexity index is 916. The molecule has 1 unspecified atom stereocenters. The van der Waals surface area contributed by atoms with Gasteiger partial charge in [0.25, 0.3) is 0 Å². The van der Waals surface area contributed by atoms with Crippen LogP contribution in [-0.2, 0) is 10.0 Å². The van der Waals surface area contributed by atoms with E-state index < -0.39 is 15.8 Å². The number of nitrogens with zero attached hydrogens (tertiary/aromatic N) is 2. The number of benzene rings is 1. The van der Waals surface area contributed by atoms with Gasteiger partial charge in [-0.1, -0.05) is 6.07 Å². The molecule has 0 saturated heterocycles. The number of hydrogen-bond donors (Lipinski definition) is 1. The fourth-order valence-corrected chi connectivity index (χ4v) is 3.57. The molecule has 1 aromatic carbocycles. The Kier molecular flexibility index (Phi) is 4.84. The molecule has 1 fully saturated rings. The Balaban J connectivity index is 1.87. The zero-order valence-corrected chi connectivity index (χ0v) is 14.6. The number of rotatable bonds is 6. The van der Waals surface area contributed by atoms with Crippen molar-refractivity contribution in [2.75, 3.05) is 5.75 Å². The molecular formula is C18H18FN3O2S. The van der Waals surface area contributed by atoms with Crippen molar-refractivity contribution in [2.24, 2.45) is 5.92 Å². The third-order valence-electron chi connectivity index (χ3n) is 4.30. The summed E-state index contributed by atoms with van der Waals surface area (Å²) in [6, 6.07) is 9.29. The standard InChI is InChI=1S/C18H18FN3O2S/c1-2-25(23,24)22-18(13-4-5-13)14-6-8-17(21-11-14)15-7-3-12(10-20)9-16(15)19/h3,6-9,11,13,18,22H,2,4-5H2,1H3. The number of aromatic nitrogens is 1. The summed E-state index contributed by atoms with van der Waals surface area (Å²) in [6.45, 7) is 1.60. The van der Waals surface area contributed by atoms with Gasteiger partial charge in [0.2, 0.25) is 10.0 Å². The molecule has 1 N–H and O–H groups in total. The highest BCUT2D eigenvalue weighted by Crippen LogP contribution is 2.41. The summed E-state index contributed by atoms with van der Waals surface area (Å²) in [7, 11) is -3.32. The van der Waals surface area contributed by atoms with Gasteiger partial charge in [0, 0.05) is 11.8 Å². The summed E-state index contributed by atoms with van der Waals surface area (Å²) in [5, 5.41) is 8.80. The molecule has 0 radical (unpaired) electrons. The lowest BCUT2D eigenvalue weighted by atomic mass is 10.0. The van der Waals surface area contributed by atoms with Crippen LogP contribution in [0.25, 0.3) is 11.3 Å². The van der Waals surface area contributed by atoms with Gasteiger partial charge in [-0.15, -0.1) is 0 Å². The van der Waals surface area contributed by atoms with Gasteiger partial charge < -0.3 is 0 Å². The van der Waals surface area contributed by atoms with Crippen molar-refractivity contribution in [2.45, 2.75) is 25.8 Å². The zero-order chi connectivity index (χ0) is 18.0. The highest BCUT2D eigenvalue weighted by molar-refractivity contribution is 7.89.